The van der Waals surface area contributed by atoms with Gasteiger partial charge in [0.15, 0.2) is 0 Å². The molecule has 1 atom stereocenters. The maximum absolute atomic E-state index is 10.7. The summed E-state index contributed by atoms with van der Waals surface area (Å²) in [6.07, 6.45) is 2.36. The summed E-state index contributed by atoms with van der Waals surface area (Å²) in [6, 6.07) is 6.48. The van der Waals surface area contributed by atoms with E-state index in [-0.39, 0.29) is 11.6 Å². The van der Waals surface area contributed by atoms with Gasteiger partial charge in [-0.15, -0.1) is 6.58 Å². The van der Waals surface area contributed by atoms with Crippen LogP contribution in [0.25, 0.3) is 0 Å². The van der Waals surface area contributed by atoms with Crippen LogP contribution < -0.4 is 5.73 Å². The average Bonchev–Trinajstić information content (AvgIpc) is 2.18. The number of hydrogen-bond donors (Lipinski definition) is 2. The van der Waals surface area contributed by atoms with Crippen LogP contribution in [0.3, 0.4) is 0 Å². The summed E-state index contributed by atoms with van der Waals surface area (Å²) < 4.78 is 0. The van der Waals surface area contributed by atoms with Gasteiger partial charge in [-0.3, -0.25) is 0 Å². The lowest BCUT2D eigenvalue weighted by atomic mass is 10.0. The molecule has 1 aromatic rings. The van der Waals surface area contributed by atoms with Gasteiger partial charge < -0.3 is 10.8 Å². The van der Waals surface area contributed by atoms with E-state index >= 15 is 0 Å². The van der Waals surface area contributed by atoms with Crippen LogP contribution in [0.5, 0.6) is 0 Å². The predicted molar refractivity (Wildman–Crippen MR) is 55.1 cm³/mol. The Labute approximate surface area is 82.9 Å². The molecular formula is C11H13NO2. The lowest BCUT2D eigenvalue weighted by Gasteiger charge is -2.09. The molecule has 3 nitrogen and oxygen atoms in total. The van der Waals surface area contributed by atoms with Gasteiger partial charge in [0.25, 0.3) is 0 Å². The highest BCUT2D eigenvalue weighted by Crippen LogP contribution is 2.15. The molecule has 1 unspecified atom stereocenters. The second-order valence-corrected chi connectivity index (χ2v) is 3.06. The summed E-state index contributed by atoms with van der Waals surface area (Å²) in [4.78, 5) is 10.7. The third-order valence-electron chi connectivity index (χ3n) is 1.98. The van der Waals surface area contributed by atoms with Crippen molar-refractivity contribution >= 4 is 5.97 Å². The zero-order chi connectivity index (χ0) is 10.6. The van der Waals surface area contributed by atoms with Gasteiger partial charge in [-0.25, -0.2) is 4.79 Å². The molecule has 0 aliphatic heterocycles. The Morgan fingerprint density at radius 3 is 2.93 bits per heavy atom. The number of carboxylic acid groups (broad SMARTS) is 1. The smallest absolute Gasteiger partial charge is 0.335 e. The fourth-order valence-electron chi connectivity index (χ4n) is 1.22. The fourth-order valence-corrected chi connectivity index (χ4v) is 1.22. The first kappa shape index (κ1) is 10.5. The van der Waals surface area contributed by atoms with Gasteiger partial charge in [0.05, 0.1) is 5.56 Å². The first-order valence-electron chi connectivity index (χ1n) is 4.35. The summed E-state index contributed by atoms with van der Waals surface area (Å²) >= 11 is 0. The predicted octanol–water partition coefficient (Wildman–Crippen LogP) is 1.96. The van der Waals surface area contributed by atoms with Crippen molar-refractivity contribution in [3.05, 3.63) is 48.0 Å². The molecule has 0 fully saturated rings. The lowest BCUT2D eigenvalue weighted by molar-refractivity contribution is 0.0697. The second kappa shape index (κ2) is 4.58. The molecular weight excluding hydrogens is 178 g/mol. The number of carbonyl (C=O) groups is 1. The summed E-state index contributed by atoms with van der Waals surface area (Å²) in [6.45, 7) is 3.59. The summed E-state index contributed by atoms with van der Waals surface area (Å²) in [7, 11) is 0. The molecule has 1 rings (SSSR count). The average molecular weight is 191 g/mol. The number of benzene rings is 1. The first-order valence-corrected chi connectivity index (χ1v) is 4.35. The van der Waals surface area contributed by atoms with Crippen molar-refractivity contribution in [1.82, 2.24) is 0 Å². The van der Waals surface area contributed by atoms with Crippen molar-refractivity contribution in [2.45, 2.75) is 12.5 Å². The maximum Gasteiger partial charge on any atom is 0.335 e. The van der Waals surface area contributed by atoms with E-state index in [0.717, 1.165) is 5.56 Å². The van der Waals surface area contributed by atoms with Crippen LogP contribution in [0.2, 0.25) is 0 Å². The van der Waals surface area contributed by atoms with Crippen molar-refractivity contribution in [3.8, 4) is 0 Å². The van der Waals surface area contributed by atoms with Crippen LogP contribution in [0.15, 0.2) is 36.9 Å². The zero-order valence-corrected chi connectivity index (χ0v) is 7.81. The zero-order valence-electron chi connectivity index (χ0n) is 7.81. The minimum atomic E-state index is -0.933. The van der Waals surface area contributed by atoms with Gasteiger partial charge in [0, 0.05) is 6.04 Å². The molecule has 0 spiro atoms. The molecule has 0 bridgehead atoms. The van der Waals surface area contributed by atoms with Crippen LogP contribution >= 0.6 is 0 Å². The highest BCUT2D eigenvalue weighted by atomic mass is 16.4. The van der Waals surface area contributed by atoms with Crippen LogP contribution in [0.1, 0.15) is 28.4 Å². The standard InChI is InChI=1S/C11H13NO2/c1-2-4-10(12)8-5-3-6-9(7-8)11(13)14/h2-3,5-7,10H,1,4,12H2,(H,13,14). The second-order valence-electron chi connectivity index (χ2n) is 3.06. The Morgan fingerprint density at radius 1 is 1.64 bits per heavy atom. The molecule has 1 aromatic carbocycles. The molecule has 0 heterocycles. The number of aromatic carboxylic acids is 1. The fraction of sp³-hybridized carbons (Fsp3) is 0.182. The SMILES string of the molecule is C=CCC(N)c1cccc(C(=O)O)c1. The van der Waals surface area contributed by atoms with E-state index in [4.69, 9.17) is 10.8 Å². The van der Waals surface area contributed by atoms with E-state index in [1.165, 1.54) is 0 Å². The van der Waals surface area contributed by atoms with E-state index in [1.807, 2.05) is 6.07 Å². The summed E-state index contributed by atoms with van der Waals surface area (Å²) in [5, 5.41) is 8.76. The highest BCUT2D eigenvalue weighted by molar-refractivity contribution is 5.87. The largest absolute Gasteiger partial charge is 0.478 e. The molecule has 0 aliphatic carbocycles. The Kier molecular flexibility index (Phi) is 3.42. The maximum atomic E-state index is 10.7. The monoisotopic (exact) mass is 191 g/mol. The van der Waals surface area contributed by atoms with E-state index in [1.54, 1.807) is 24.3 Å². The Hall–Kier alpha value is -1.61. The molecule has 14 heavy (non-hydrogen) atoms. The van der Waals surface area contributed by atoms with Crippen molar-refractivity contribution in [3.63, 3.8) is 0 Å². The molecule has 0 aromatic heterocycles. The van der Waals surface area contributed by atoms with Crippen molar-refractivity contribution in [2.24, 2.45) is 5.73 Å². The lowest BCUT2D eigenvalue weighted by Crippen LogP contribution is -2.10. The van der Waals surface area contributed by atoms with Gasteiger partial charge in [0.2, 0.25) is 0 Å². The van der Waals surface area contributed by atoms with Gasteiger partial charge in [-0.2, -0.15) is 0 Å². The number of carboxylic acids is 1. The Morgan fingerprint density at radius 2 is 2.36 bits per heavy atom. The molecule has 0 amide bonds. The van der Waals surface area contributed by atoms with Crippen molar-refractivity contribution in [1.29, 1.82) is 0 Å². The summed E-state index contributed by atoms with van der Waals surface area (Å²) in [5.74, 6) is -0.933. The van der Waals surface area contributed by atoms with Crippen LogP contribution in [0.4, 0.5) is 0 Å². The van der Waals surface area contributed by atoms with Gasteiger partial charge in [0.1, 0.15) is 0 Å². The van der Waals surface area contributed by atoms with Crippen molar-refractivity contribution in [2.75, 3.05) is 0 Å². The first-order chi connectivity index (χ1) is 6.65. The van der Waals surface area contributed by atoms with Gasteiger partial charge >= 0.3 is 5.97 Å². The van der Waals surface area contributed by atoms with E-state index in [0.29, 0.717) is 6.42 Å². The van der Waals surface area contributed by atoms with Crippen molar-refractivity contribution < 1.29 is 9.90 Å². The molecule has 74 valence electrons. The normalized spacial score (nSPS) is 12.1. The number of rotatable bonds is 4. The molecule has 3 heteroatoms. The molecule has 0 radical (unpaired) electrons. The number of nitrogens with two attached hydrogens (primary N) is 1. The van der Waals surface area contributed by atoms with Gasteiger partial charge in [-0.1, -0.05) is 18.2 Å². The summed E-state index contributed by atoms with van der Waals surface area (Å²) in [5.41, 5.74) is 6.90. The Bertz CT molecular complexity index is 347. The highest BCUT2D eigenvalue weighted by Gasteiger charge is 2.07. The third-order valence-corrected chi connectivity index (χ3v) is 1.98. The molecule has 0 saturated carbocycles. The van der Waals surface area contributed by atoms with Gasteiger partial charge in [-0.05, 0) is 24.1 Å². The van der Waals surface area contributed by atoms with E-state index in [2.05, 4.69) is 6.58 Å². The van der Waals surface area contributed by atoms with Crippen LogP contribution in [-0.2, 0) is 0 Å². The minimum absolute atomic E-state index is 0.174. The molecule has 0 saturated heterocycles. The topological polar surface area (TPSA) is 63.3 Å². The van der Waals surface area contributed by atoms with Crippen LogP contribution in [-0.4, -0.2) is 11.1 Å². The van der Waals surface area contributed by atoms with E-state index in [9.17, 15) is 4.79 Å². The van der Waals surface area contributed by atoms with Crippen LogP contribution in [0, 0.1) is 0 Å². The minimum Gasteiger partial charge on any atom is -0.478 e. The quantitative estimate of drug-likeness (QED) is 0.715. The molecule has 0 aliphatic rings. The molecule has 3 N–H and O–H groups in total. The third kappa shape index (κ3) is 2.44. The number of hydrogen-bond acceptors (Lipinski definition) is 2. The van der Waals surface area contributed by atoms with E-state index < -0.39 is 5.97 Å². The Balaban J connectivity index is 2.93.